The normalized spacial score (nSPS) is 20.0. The van der Waals surface area contributed by atoms with Crippen LogP contribution in [0.3, 0.4) is 0 Å². The summed E-state index contributed by atoms with van der Waals surface area (Å²) in [5.74, 6) is -3.19. The van der Waals surface area contributed by atoms with E-state index in [4.69, 9.17) is 4.74 Å². The van der Waals surface area contributed by atoms with Gasteiger partial charge in [-0.15, -0.1) is 0 Å². The highest BCUT2D eigenvalue weighted by molar-refractivity contribution is 6.43. The second-order valence-electron chi connectivity index (χ2n) is 5.94. The van der Waals surface area contributed by atoms with Gasteiger partial charge < -0.3 is 14.5 Å². The fourth-order valence-corrected chi connectivity index (χ4v) is 2.69. The number of rotatable bonds is 5. The zero-order valence-electron chi connectivity index (χ0n) is 13.9. The number of piperidine rings is 1. The molecule has 130 valence electrons. The highest BCUT2D eigenvalue weighted by atomic mass is 19.2. The van der Waals surface area contributed by atoms with Crippen molar-refractivity contribution in [2.24, 2.45) is 0 Å². The molecule has 5 nitrogen and oxygen atoms in total. The summed E-state index contributed by atoms with van der Waals surface area (Å²) < 4.78 is 31.6. The van der Waals surface area contributed by atoms with Crippen LogP contribution in [0.5, 0.6) is 0 Å². The monoisotopic (exact) mass is 338 g/mol. The number of nitrogens with zero attached hydrogens (tertiary/aromatic N) is 2. The Morgan fingerprint density at radius 3 is 2.58 bits per heavy atom. The van der Waals surface area contributed by atoms with Crippen molar-refractivity contribution in [3.8, 4) is 0 Å². The summed E-state index contributed by atoms with van der Waals surface area (Å²) in [4.78, 5) is 27.8. The Bertz CT molecular complexity index is 674. The van der Waals surface area contributed by atoms with Gasteiger partial charge in [0.15, 0.2) is 11.6 Å². The molecule has 1 aliphatic rings. The number of carbonyl (C=O) groups is 2. The molecule has 0 radical (unpaired) electrons. The zero-order chi connectivity index (χ0) is 17.9. The zero-order valence-corrected chi connectivity index (χ0v) is 13.9. The molecule has 0 N–H and O–H groups in total. The number of carbonyl (C=O) groups excluding carboxylic acids is 2. The quantitative estimate of drug-likeness (QED) is 0.606. The summed E-state index contributed by atoms with van der Waals surface area (Å²) in [6.45, 7) is 0.262. The van der Waals surface area contributed by atoms with Crippen molar-refractivity contribution in [1.82, 2.24) is 9.80 Å². The van der Waals surface area contributed by atoms with Crippen molar-refractivity contribution in [1.29, 1.82) is 0 Å². The van der Waals surface area contributed by atoms with Crippen LogP contribution in [0.25, 0.3) is 0 Å². The van der Waals surface area contributed by atoms with Gasteiger partial charge in [0, 0.05) is 45.9 Å². The number of hydrogen-bond acceptors (Lipinski definition) is 4. The Hall–Kier alpha value is -2.28. The van der Waals surface area contributed by atoms with E-state index in [1.807, 2.05) is 0 Å². The van der Waals surface area contributed by atoms with Gasteiger partial charge in [0.1, 0.15) is 0 Å². The molecular formula is C17H20F2N2O3. The standard InChI is InChI=1S/C17H20F2N2O3/c1-20(2)9-12-7-13(10-24-3)21(17(23)16(12)22)8-11-4-5-14(18)15(19)6-11/h4-6,9,13H,7-8,10H2,1-3H3/t13-/m1/s1. The molecule has 1 aliphatic heterocycles. The molecule has 7 heteroatoms. The number of hydrogen-bond donors (Lipinski definition) is 0. The molecule has 0 aliphatic carbocycles. The van der Waals surface area contributed by atoms with Crippen molar-refractivity contribution in [2.45, 2.75) is 19.0 Å². The molecule has 1 aromatic rings. The van der Waals surface area contributed by atoms with Crippen molar-refractivity contribution in [3.05, 3.63) is 47.2 Å². The van der Waals surface area contributed by atoms with Gasteiger partial charge in [-0.05, 0) is 17.7 Å². The van der Waals surface area contributed by atoms with Crippen molar-refractivity contribution in [3.63, 3.8) is 0 Å². The molecular weight excluding hydrogens is 318 g/mol. The van der Waals surface area contributed by atoms with E-state index in [9.17, 15) is 18.4 Å². The molecule has 1 fully saturated rings. The second-order valence-corrected chi connectivity index (χ2v) is 5.94. The van der Waals surface area contributed by atoms with Gasteiger partial charge in [-0.1, -0.05) is 6.07 Å². The summed E-state index contributed by atoms with van der Waals surface area (Å²) >= 11 is 0. The van der Waals surface area contributed by atoms with Crippen LogP contribution in [-0.4, -0.2) is 55.3 Å². The van der Waals surface area contributed by atoms with Crippen LogP contribution >= 0.6 is 0 Å². The molecule has 0 spiro atoms. The summed E-state index contributed by atoms with van der Waals surface area (Å²) in [6, 6.07) is 3.08. The van der Waals surface area contributed by atoms with Gasteiger partial charge in [-0.25, -0.2) is 8.78 Å². The number of ether oxygens (including phenoxy) is 1. The average molecular weight is 338 g/mol. The van der Waals surface area contributed by atoms with Crippen LogP contribution in [0.1, 0.15) is 12.0 Å². The third-order valence-corrected chi connectivity index (χ3v) is 3.75. The van der Waals surface area contributed by atoms with E-state index in [-0.39, 0.29) is 19.2 Å². The van der Waals surface area contributed by atoms with Crippen LogP contribution in [0.2, 0.25) is 0 Å². The van der Waals surface area contributed by atoms with Crippen molar-refractivity contribution < 1.29 is 23.1 Å². The van der Waals surface area contributed by atoms with Gasteiger partial charge in [-0.2, -0.15) is 0 Å². The Morgan fingerprint density at radius 2 is 2.00 bits per heavy atom. The van der Waals surface area contributed by atoms with Crippen molar-refractivity contribution in [2.75, 3.05) is 27.8 Å². The van der Waals surface area contributed by atoms with Crippen molar-refractivity contribution >= 4 is 11.7 Å². The van der Waals surface area contributed by atoms with E-state index in [0.717, 1.165) is 12.1 Å². The molecule has 0 saturated carbocycles. The average Bonchev–Trinajstić information content (AvgIpc) is 2.51. The fourth-order valence-electron chi connectivity index (χ4n) is 2.69. The van der Waals surface area contributed by atoms with E-state index in [0.29, 0.717) is 17.6 Å². The van der Waals surface area contributed by atoms with Crippen LogP contribution < -0.4 is 0 Å². The Balaban J connectivity index is 2.27. The van der Waals surface area contributed by atoms with Gasteiger partial charge in [-0.3, -0.25) is 9.59 Å². The number of ketones is 1. The lowest BCUT2D eigenvalue weighted by Crippen LogP contribution is -2.50. The third kappa shape index (κ3) is 3.97. The highest BCUT2D eigenvalue weighted by Crippen LogP contribution is 2.24. The summed E-state index contributed by atoms with van der Waals surface area (Å²) in [7, 11) is 5.04. The first-order chi connectivity index (χ1) is 11.3. The smallest absolute Gasteiger partial charge is 0.295 e. The highest BCUT2D eigenvalue weighted by Gasteiger charge is 2.37. The molecule has 2 rings (SSSR count). The number of halogens is 2. The lowest BCUT2D eigenvalue weighted by Gasteiger charge is -2.35. The van der Waals surface area contributed by atoms with Gasteiger partial charge in [0.05, 0.1) is 12.6 Å². The van der Waals surface area contributed by atoms with E-state index < -0.39 is 23.3 Å². The first-order valence-electron chi connectivity index (χ1n) is 7.48. The summed E-state index contributed by atoms with van der Waals surface area (Å²) in [5.41, 5.74) is 0.824. The lowest BCUT2D eigenvalue weighted by atomic mass is 9.95. The topological polar surface area (TPSA) is 49.9 Å². The molecule has 0 bridgehead atoms. The van der Waals surface area contributed by atoms with Gasteiger partial charge >= 0.3 is 0 Å². The third-order valence-electron chi connectivity index (χ3n) is 3.75. The lowest BCUT2D eigenvalue weighted by molar-refractivity contribution is -0.148. The van der Waals surface area contributed by atoms with Gasteiger partial charge in [0.2, 0.25) is 5.78 Å². The molecule has 24 heavy (non-hydrogen) atoms. The van der Waals surface area contributed by atoms with Gasteiger partial charge in [0.25, 0.3) is 5.91 Å². The molecule has 1 aromatic carbocycles. The first-order valence-corrected chi connectivity index (χ1v) is 7.48. The maximum absolute atomic E-state index is 13.4. The number of benzene rings is 1. The molecule has 0 aromatic heterocycles. The second kappa shape index (κ2) is 7.53. The molecule has 1 saturated heterocycles. The minimum Gasteiger partial charge on any atom is -0.383 e. The Morgan fingerprint density at radius 1 is 1.29 bits per heavy atom. The van der Waals surface area contributed by atoms with Crippen LogP contribution in [0, 0.1) is 11.6 Å². The first kappa shape index (κ1) is 18.1. The SMILES string of the molecule is COC[C@H]1CC(=CN(C)C)C(=O)C(=O)N1Cc1ccc(F)c(F)c1. The Labute approximate surface area is 139 Å². The predicted molar refractivity (Wildman–Crippen MR) is 84.0 cm³/mol. The molecule has 1 amide bonds. The van der Waals surface area contributed by atoms with Crippen LogP contribution in [0.15, 0.2) is 30.0 Å². The van der Waals surface area contributed by atoms with E-state index in [1.54, 1.807) is 25.2 Å². The maximum Gasteiger partial charge on any atom is 0.295 e. The molecule has 0 unspecified atom stereocenters. The molecule has 1 atom stereocenters. The number of Topliss-reactive ketones (excluding diaryl/α,β-unsaturated/α-hetero) is 1. The summed E-state index contributed by atoms with van der Waals surface area (Å²) in [6.07, 6.45) is 1.97. The predicted octanol–water partition coefficient (Wildman–Crippen LogP) is 1.73. The van der Waals surface area contributed by atoms with Crippen LogP contribution in [-0.2, 0) is 20.9 Å². The van der Waals surface area contributed by atoms with Crippen LogP contribution in [0.4, 0.5) is 8.78 Å². The fraction of sp³-hybridized carbons (Fsp3) is 0.412. The summed E-state index contributed by atoms with van der Waals surface area (Å²) in [5, 5.41) is 0. The minimum atomic E-state index is -0.986. The van der Waals surface area contributed by atoms with E-state index in [2.05, 4.69) is 0 Å². The minimum absolute atomic E-state index is 0.0189. The molecule has 1 heterocycles. The number of amides is 1. The largest absolute Gasteiger partial charge is 0.383 e. The number of likely N-dealkylation sites (tertiary alicyclic amines) is 1. The number of methoxy groups -OCH3 is 1. The van der Waals surface area contributed by atoms with E-state index >= 15 is 0 Å². The Kier molecular flexibility index (Phi) is 5.66. The maximum atomic E-state index is 13.4. The van der Waals surface area contributed by atoms with E-state index in [1.165, 1.54) is 18.1 Å².